The van der Waals surface area contributed by atoms with Gasteiger partial charge in [0.1, 0.15) is 5.52 Å². The van der Waals surface area contributed by atoms with Crippen molar-refractivity contribution in [1.29, 1.82) is 0 Å². The highest BCUT2D eigenvalue weighted by Gasteiger charge is 2.26. The Kier molecular flexibility index (Phi) is 7.64. The number of aromatic nitrogens is 4. The van der Waals surface area contributed by atoms with Crippen LogP contribution in [0.5, 0.6) is 0 Å². The Hall–Kier alpha value is -4.85. The fourth-order valence-corrected chi connectivity index (χ4v) is 6.70. The average molecular weight is 585 g/mol. The number of amides is 2. The van der Waals surface area contributed by atoms with E-state index in [0.717, 1.165) is 77.5 Å². The second-order valence-electron chi connectivity index (χ2n) is 12.0. The second-order valence-corrected chi connectivity index (χ2v) is 12.0. The number of nitrogens with one attached hydrogen (secondary N) is 1. The van der Waals surface area contributed by atoms with Gasteiger partial charge < -0.3 is 10.2 Å². The normalized spacial score (nSPS) is 16.9. The van der Waals surface area contributed by atoms with E-state index in [1.807, 2.05) is 33.8 Å². The zero-order valence-electron chi connectivity index (χ0n) is 25.0. The van der Waals surface area contributed by atoms with Crippen molar-refractivity contribution in [3.05, 3.63) is 118 Å². The van der Waals surface area contributed by atoms with Crippen LogP contribution in [0.1, 0.15) is 75.3 Å². The van der Waals surface area contributed by atoms with Crippen LogP contribution in [0.3, 0.4) is 0 Å². The number of pyridine rings is 1. The highest BCUT2D eigenvalue weighted by Crippen LogP contribution is 2.36. The molecule has 2 amide bonds. The molecule has 7 heterocycles. The number of carbonyl (C=O) groups is 2. The summed E-state index contributed by atoms with van der Waals surface area (Å²) in [6, 6.07) is 22.5. The molecule has 5 aromatic rings. The molecule has 0 spiro atoms. The monoisotopic (exact) mass is 584 g/mol. The molecular weight excluding hydrogens is 548 g/mol. The summed E-state index contributed by atoms with van der Waals surface area (Å²) in [6.07, 6.45) is 8.56. The fourth-order valence-electron chi connectivity index (χ4n) is 6.70. The number of aryl methyl sites for hydroxylation is 3. The molecule has 10 rings (SSSR count). The molecule has 0 aliphatic carbocycles. The standard InChI is InChI=1S/C36H36N6O2/c1-24-31-14-15-33-35(24)39-40-42(33)18-4-2-3-6-25-8-10-27(11-9-25)36(44)41-19-16-26-12-13-28(20-29(26)23-41)32(31)21-34(43)38-30-7-5-17-37-22-30/h5,7-15,17,20,22,32H,2-4,6,16,18-19,21,23H2,1H3,(H,38,43). The number of nitrogens with zero attached hydrogens (tertiary/aromatic N) is 5. The Morgan fingerprint density at radius 2 is 1.84 bits per heavy atom. The van der Waals surface area contributed by atoms with Gasteiger partial charge in [-0.25, -0.2) is 4.68 Å². The third-order valence-corrected chi connectivity index (χ3v) is 9.16. The van der Waals surface area contributed by atoms with Crippen LogP contribution >= 0.6 is 0 Å². The van der Waals surface area contributed by atoms with Crippen molar-refractivity contribution in [3.63, 3.8) is 0 Å². The zero-order chi connectivity index (χ0) is 30.0. The molecule has 5 aliphatic heterocycles. The Morgan fingerprint density at radius 3 is 2.68 bits per heavy atom. The largest absolute Gasteiger partial charge is 0.334 e. The molecule has 0 saturated heterocycles. The first-order valence-corrected chi connectivity index (χ1v) is 15.6. The average Bonchev–Trinajstić information content (AvgIpc) is 3.47. The van der Waals surface area contributed by atoms with E-state index in [-0.39, 0.29) is 24.2 Å². The van der Waals surface area contributed by atoms with Crippen LogP contribution in [0.2, 0.25) is 0 Å². The van der Waals surface area contributed by atoms with E-state index < -0.39 is 0 Å². The van der Waals surface area contributed by atoms with E-state index in [1.54, 1.807) is 12.4 Å². The molecule has 9 bridgehead atoms. The smallest absolute Gasteiger partial charge is 0.254 e. The molecule has 1 atom stereocenters. The molecular formula is C36H36N6O2. The van der Waals surface area contributed by atoms with Gasteiger partial charge in [-0.1, -0.05) is 48.0 Å². The molecule has 8 nitrogen and oxygen atoms in total. The fraction of sp³-hybridized carbons (Fsp3) is 0.306. The number of rotatable bonds is 3. The maximum absolute atomic E-state index is 13.5. The van der Waals surface area contributed by atoms with Gasteiger partial charge in [0.15, 0.2) is 0 Å². The van der Waals surface area contributed by atoms with Crippen molar-refractivity contribution < 1.29 is 9.59 Å². The van der Waals surface area contributed by atoms with Crippen molar-refractivity contribution >= 4 is 28.5 Å². The predicted octanol–water partition coefficient (Wildman–Crippen LogP) is 6.22. The quantitative estimate of drug-likeness (QED) is 0.272. The summed E-state index contributed by atoms with van der Waals surface area (Å²) in [5.74, 6) is -0.233. The van der Waals surface area contributed by atoms with Gasteiger partial charge >= 0.3 is 0 Å². The third-order valence-electron chi connectivity index (χ3n) is 9.16. The van der Waals surface area contributed by atoms with Crippen LogP contribution in [0, 0.1) is 6.92 Å². The topological polar surface area (TPSA) is 93.0 Å². The van der Waals surface area contributed by atoms with Crippen LogP contribution < -0.4 is 5.32 Å². The highest BCUT2D eigenvalue weighted by molar-refractivity contribution is 5.94. The molecule has 1 N–H and O–H groups in total. The summed E-state index contributed by atoms with van der Waals surface area (Å²) in [7, 11) is 0. The van der Waals surface area contributed by atoms with Crippen molar-refractivity contribution in [3.8, 4) is 0 Å². The van der Waals surface area contributed by atoms with E-state index in [1.165, 1.54) is 11.1 Å². The summed E-state index contributed by atoms with van der Waals surface area (Å²) in [4.78, 5) is 33.1. The molecule has 5 aliphatic rings. The van der Waals surface area contributed by atoms with Crippen LogP contribution in [-0.2, 0) is 30.7 Å². The maximum atomic E-state index is 13.5. The minimum atomic E-state index is -0.209. The molecule has 1 unspecified atom stereocenters. The molecule has 44 heavy (non-hydrogen) atoms. The highest BCUT2D eigenvalue weighted by atomic mass is 16.2. The lowest BCUT2D eigenvalue weighted by Gasteiger charge is -2.30. The molecule has 0 fully saturated rings. The van der Waals surface area contributed by atoms with Gasteiger partial charge in [-0.3, -0.25) is 14.6 Å². The van der Waals surface area contributed by atoms with E-state index in [0.29, 0.717) is 18.8 Å². The molecule has 0 radical (unpaired) electrons. The van der Waals surface area contributed by atoms with Gasteiger partial charge in [0.05, 0.1) is 17.4 Å². The van der Waals surface area contributed by atoms with E-state index in [2.05, 4.69) is 70.0 Å². The maximum Gasteiger partial charge on any atom is 0.254 e. The minimum Gasteiger partial charge on any atom is -0.334 e. The Morgan fingerprint density at radius 1 is 0.955 bits per heavy atom. The molecule has 3 aromatic carbocycles. The number of hydrogen-bond acceptors (Lipinski definition) is 5. The minimum absolute atomic E-state index is 0.0644. The van der Waals surface area contributed by atoms with Gasteiger partial charge in [0, 0.05) is 43.7 Å². The lowest BCUT2D eigenvalue weighted by molar-refractivity contribution is -0.116. The van der Waals surface area contributed by atoms with Crippen LogP contribution in [0.4, 0.5) is 5.69 Å². The van der Waals surface area contributed by atoms with Crippen LogP contribution in [-0.4, -0.2) is 43.2 Å². The van der Waals surface area contributed by atoms with Gasteiger partial charge in [0.25, 0.3) is 5.91 Å². The zero-order valence-corrected chi connectivity index (χ0v) is 25.0. The van der Waals surface area contributed by atoms with E-state index in [9.17, 15) is 9.59 Å². The van der Waals surface area contributed by atoms with E-state index >= 15 is 0 Å². The van der Waals surface area contributed by atoms with Crippen molar-refractivity contribution in [2.45, 2.75) is 64.5 Å². The Balaban J connectivity index is 1.29. The van der Waals surface area contributed by atoms with Gasteiger partial charge in [0.2, 0.25) is 5.91 Å². The summed E-state index contributed by atoms with van der Waals surface area (Å²) in [6.45, 7) is 4.13. The first-order valence-electron chi connectivity index (χ1n) is 15.6. The van der Waals surface area contributed by atoms with Gasteiger partial charge in [-0.15, -0.1) is 5.10 Å². The molecule has 2 aromatic heterocycles. The van der Waals surface area contributed by atoms with Crippen LogP contribution in [0.15, 0.2) is 79.1 Å². The first kappa shape index (κ1) is 28.0. The molecule has 222 valence electrons. The number of carbonyl (C=O) groups excluding carboxylic acids is 2. The Bertz CT molecular complexity index is 1830. The number of hydrogen-bond donors (Lipinski definition) is 1. The van der Waals surface area contributed by atoms with Gasteiger partial charge in [-0.05, 0) is 96.3 Å². The summed E-state index contributed by atoms with van der Waals surface area (Å²) in [5, 5.41) is 12.1. The van der Waals surface area contributed by atoms with E-state index in [4.69, 9.17) is 0 Å². The van der Waals surface area contributed by atoms with Crippen molar-refractivity contribution in [2.24, 2.45) is 0 Å². The summed E-state index contributed by atoms with van der Waals surface area (Å²) >= 11 is 0. The number of benzene rings is 3. The van der Waals surface area contributed by atoms with Gasteiger partial charge in [-0.2, -0.15) is 0 Å². The summed E-state index contributed by atoms with van der Waals surface area (Å²) < 4.78 is 2.01. The number of anilines is 1. The molecule has 8 heteroatoms. The van der Waals surface area contributed by atoms with Crippen LogP contribution in [0.25, 0.3) is 11.0 Å². The molecule has 0 saturated carbocycles. The van der Waals surface area contributed by atoms with Crippen molar-refractivity contribution in [1.82, 2.24) is 24.9 Å². The lowest BCUT2D eigenvalue weighted by atomic mass is 9.83. The first-order chi connectivity index (χ1) is 21.5. The second kappa shape index (κ2) is 12.0. The predicted molar refractivity (Wildman–Crippen MR) is 170 cm³/mol. The summed E-state index contributed by atoms with van der Waals surface area (Å²) in [5.41, 5.74) is 10.1. The SMILES string of the molecule is Cc1c2ccc3c1nnn3CCCCCc1ccc(cc1)C(=O)N1CCc3ccc(cc3C1)C2CC(=O)Nc1cccnc1. The van der Waals surface area contributed by atoms with Crippen molar-refractivity contribution in [2.75, 3.05) is 11.9 Å². The lowest BCUT2D eigenvalue weighted by Crippen LogP contribution is -2.36. The third kappa shape index (κ3) is 5.60. The Labute approximate surface area is 257 Å².